The third kappa shape index (κ3) is 4.20. The molecule has 2 aromatic carbocycles. The van der Waals surface area contributed by atoms with E-state index in [4.69, 9.17) is 27.6 Å². The van der Waals surface area contributed by atoms with E-state index in [1.807, 2.05) is 0 Å². The zero-order valence-electron chi connectivity index (χ0n) is 15.5. The van der Waals surface area contributed by atoms with E-state index in [1.54, 1.807) is 18.2 Å². The van der Waals surface area contributed by atoms with Crippen LogP contribution in [-0.2, 0) is 10.0 Å². The van der Waals surface area contributed by atoms with Crippen molar-refractivity contribution in [1.29, 1.82) is 0 Å². The second-order valence-electron chi connectivity index (χ2n) is 6.63. The van der Waals surface area contributed by atoms with Gasteiger partial charge in [-0.05, 0) is 55.3 Å². The molecule has 2 heterocycles. The van der Waals surface area contributed by atoms with Crippen LogP contribution in [-0.4, -0.2) is 41.9 Å². The molecule has 1 amide bonds. The number of carbonyl (C=O) groups excluding carboxylic acids is 1. The van der Waals surface area contributed by atoms with Crippen LogP contribution in [0.4, 0.5) is 6.01 Å². The van der Waals surface area contributed by atoms with Crippen LogP contribution in [0.25, 0.3) is 11.5 Å². The first-order valence-corrected chi connectivity index (χ1v) is 11.2. The highest BCUT2D eigenvalue weighted by Crippen LogP contribution is 2.30. The van der Waals surface area contributed by atoms with Crippen LogP contribution in [0.2, 0.25) is 10.0 Å². The molecule has 8 nitrogen and oxygen atoms in total. The van der Waals surface area contributed by atoms with Gasteiger partial charge < -0.3 is 4.42 Å². The Balaban J connectivity index is 1.47. The summed E-state index contributed by atoms with van der Waals surface area (Å²) in [6.07, 6.45) is 1.71. The topological polar surface area (TPSA) is 105 Å². The Hall–Kier alpha value is -2.46. The van der Waals surface area contributed by atoms with Gasteiger partial charge in [0.15, 0.2) is 0 Å². The Bertz CT molecular complexity index is 1190. The third-order valence-corrected chi connectivity index (χ3v) is 7.09. The van der Waals surface area contributed by atoms with E-state index in [0.717, 1.165) is 12.8 Å². The first-order valence-electron chi connectivity index (χ1n) is 9.05. The molecule has 0 atom stereocenters. The van der Waals surface area contributed by atoms with Gasteiger partial charge in [-0.1, -0.05) is 28.3 Å². The minimum absolute atomic E-state index is 0.116. The Labute approximate surface area is 182 Å². The quantitative estimate of drug-likeness (QED) is 0.606. The fourth-order valence-electron chi connectivity index (χ4n) is 3.07. The van der Waals surface area contributed by atoms with Crippen LogP contribution >= 0.6 is 23.2 Å². The van der Waals surface area contributed by atoms with Gasteiger partial charge >= 0.3 is 6.01 Å². The molecule has 30 heavy (non-hydrogen) atoms. The molecule has 1 aliphatic rings. The SMILES string of the molecule is O=C(Nc1nnc(-c2ccc(Cl)cc2Cl)o1)c1ccc(S(=O)(=O)N2CCCC2)cc1. The number of halogens is 2. The second kappa shape index (κ2) is 8.35. The smallest absolute Gasteiger partial charge is 0.322 e. The lowest BCUT2D eigenvalue weighted by Gasteiger charge is -2.15. The molecular formula is C19H16Cl2N4O4S. The predicted octanol–water partition coefficient (Wildman–Crippen LogP) is 4.08. The van der Waals surface area contributed by atoms with Crippen LogP contribution in [0.1, 0.15) is 23.2 Å². The second-order valence-corrected chi connectivity index (χ2v) is 9.41. The minimum Gasteiger partial charge on any atom is -0.403 e. The van der Waals surface area contributed by atoms with Gasteiger partial charge in [-0.15, -0.1) is 5.10 Å². The van der Waals surface area contributed by atoms with Crippen molar-refractivity contribution >= 4 is 45.1 Å². The lowest BCUT2D eigenvalue weighted by Crippen LogP contribution is -2.27. The highest BCUT2D eigenvalue weighted by Gasteiger charge is 2.27. The van der Waals surface area contributed by atoms with Crippen molar-refractivity contribution in [2.75, 3.05) is 18.4 Å². The summed E-state index contributed by atoms with van der Waals surface area (Å²) in [4.78, 5) is 12.6. The number of sulfonamides is 1. The van der Waals surface area contributed by atoms with E-state index in [-0.39, 0.29) is 22.4 Å². The first-order chi connectivity index (χ1) is 14.3. The number of rotatable bonds is 5. The van der Waals surface area contributed by atoms with Crippen molar-refractivity contribution in [3.05, 3.63) is 58.1 Å². The zero-order chi connectivity index (χ0) is 21.3. The molecule has 1 fully saturated rings. The molecule has 1 N–H and O–H groups in total. The minimum atomic E-state index is -3.54. The van der Waals surface area contributed by atoms with Crippen LogP contribution in [0.5, 0.6) is 0 Å². The number of amides is 1. The summed E-state index contributed by atoms with van der Waals surface area (Å²) in [5.41, 5.74) is 0.727. The molecule has 1 saturated heterocycles. The summed E-state index contributed by atoms with van der Waals surface area (Å²) in [6.45, 7) is 1.03. The number of aromatic nitrogens is 2. The number of nitrogens with one attached hydrogen (secondary N) is 1. The number of carbonyl (C=O) groups is 1. The molecule has 11 heteroatoms. The van der Waals surface area contributed by atoms with Crippen molar-refractivity contribution in [2.24, 2.45) is 0 Å². The number of nitrogens with zero attached hydrogens (tertiary/aromatic N) is 3. The maximum atomic E-state index is 12.6. The highest BCUT2D eigenvalue weighted by atomic mass is 35.5. The molecule has 0 saturated carbocycles. The van der Waals surface area contributed by atoms with Crippen molar-refractivity contribution in [3.8, 4) is 11.5 Å². The molecule has 0 aliphatic carbocycles. The Kier molecular flexibility index (Phi) is 5.79. The zero-order valence-corrected chi connectivity index (χ0v) is 17.8. The van der Waals surface area contributed by atoms with Crippen molar-refractivity contribution in [1.82, 2.24) is 14.5 Å². The predicted molar refractivity (Wildman–Crippen MR) is 112 cm³/mol. The standard InChI is InChI=1S/C19H16Cl2N4O4S/c20-13-5-8-15(16(21)11-13)18-23-24-19(29-18)22-17(26)12-3-6-14(7-4-12)30(27,28)25-9-1-2-10-25/h3-8,11H,1-2,9-10H2,(H,22,24,26). The summed E-state index contributed by atoms with van der Waals surface area (Å²) >= 11 is 12.0. The largest absolute Gasteiger partial charge is 0.403 e. The Morgan fingerprint density at radius 1 is 1.03 bits per heavy atom. The van der Waals surface area contributed by atoms with Gasteiger partial charge in [-0.25, -0.2) is 8.42 Å². The molecule has 156 valence electrons. The van der Waals surface area contributed by atoms with Crippen LogP contribution in [0, 0.1) is 0 Å². The van der Waals surface area contributed by atoms with Crippen LogP contribution in [0.3, 0.4) is 0 Å². The third-order valence-electron chi connectivity index (χ3n) is 4.63. The molecule has 0 spiro atoms. The molecular weight excluding hydrogens is 451 g/mol. The average Bonchev–Trinajstić information content (AvgIpc) is 3.41. The number of hydrogen-bond acceptors (Lipinski definition) is 6. The summed E-state index contributed by atoms with van der Waals surface area (Å²) in [5.74, 6) is -0.392. The highest BCUT2D eigenvalue weighted by molar-refractivity contribution is 7.89. The number of benzene rings is 2. The molecule has 0 unspecified atom stereocenters. The van der Waals surface area contributed by atoms with Crippen molar-refractivity contribution in [3.63, 3.8) is 0 Å². The lowest BCUT2D eigenvalue weighted by molar-refractivity contribution is 0.102. The summed E-state index contributed by atoms with van der Waals surface area (Å²) in [6, 6.07) is 10.4. The Morgan fingerprint density at radius 3 is 2.40 bits per heavy atom. The monoisotopic (exact) mass is 466 g/mol. The van der Waals surface area contributed by atoms with E-state index < -0.39 is 15.9 Å². The fourth-order valence-corrected chi connectivity index (χ4v) is 5.08. The van der Waals surface area contributed by atoms with Gasteiger partial charge in [0.1, 0.15) is 0 Å². The molecule has 1 aromatic heterocycles. The first kappa shape index (κ1) is 20.8. The van der Waals surface area contributed by atoms with Crippen LogP contribution in [0.15, 0.2) is 51.8 Å². The molecule has 4 rings (SSSR count). The average molecular weight is 467 g/mol. The van der Waals surface area contributed by atoms with Gasteiger partial charge in [-0.3, -0.25) is 10.1 Å². The normalized spacial score (nSPS) is 14.7. The number of anilines is 1. The van der Waals surface area contributed by atoms with E-state index in [0.29, 0.717) is 28.7 Å². The summed E-state index contributed by atoms with van der Waals surface area (Å²) < 4.78 is 32.0. The van der Waals surface area contributed by atoms with E-state index in [2.05, 4.69) is 15.5 Å². The molecule has 1 aliphatic heterocycles. The summed E-state index contributed by atoms with van der Waals surface area (Å²) in [7, 11) is -3.54. The molecule has 0 radical (unpaired) electrons. The van der Waals surface area contributed by atoms with Gasteiger partial charge in [0.25, 0.3) is 11.8 Å². The lowest BCUT2D eigenvalue weighted by atomic mass is 10.2. The summed E-state index contributed by atoms with van der Waals surface area (Å²) in [5, 5.41) is 10.9. The molecule has 3 aromatic rings. The van der Waals surface area contributed by atoms with E-state index in [9.17, 15) is 13.2 Å². The van der Waals surface area contributed by atoms with Gasteiger partial charge in [0.05, 0.1) is 15.5 Å². The molecule has 0 bridgehead atoms. The van der Waals surface area contributed by atoms with Gasteiger partial charge in [0, 0.05) is 23.7 Å². The van der Waals surface area contributed by atoms with Gasteiger partial charge in [-0.2, -0.15) is 4.31 Å². The number of hydrogen-bond donors (Lipinski definition) is 1. The van der Waals surface area contributed by atoms with Gasteiger partial charge in [0.2, 0.25) is 10.0 Å². The van der Waals surface area contributed by atoms with Crippen molar-refractivity contribution < 1.29 is 17.6 Å². The maximum Gasteiger partial charge on any atom is 0.322 e. The van der Waals surface area contributed by atoms with E-state index in [1.165, 1.54) is 28.6 Å². The van der Waals surface area contributed by atoms with Crippen LogP contribution < -0.4 is 5.32 Å². The van der Waals surface area contributed by atoms with E-state index >= 15 is 0 Å². The maximum absolute atomic E-state index is 12.6. The Morgan fingerprint density at radius 2 is 1.73 bits per heavy atom. The fraction of sp³-hybridized carbons (Fsp3) is 0.211. The van der Waals surface area contributed by atoms with Crippen molar-refractivity contribution in [2.45, 2.75) is 17.7 Å².